The molecule has 1 saturated heterocycles. The fourth-order valence-corrected chi connectivity index (χ4v) is 1.99. The summed E-state index contributed by atoms with van der Waals surface area (Å²) in [6.45, 7) is 1.78. The lowest BCUT2D eigenvalue weighted by Crippen LogP contribution is -2.44. The van der Waals surface area contributed by atoms with Gasteiger partial charge in [0.1, 0.15) is 0 Å². The van der Waals surface area contributed by atoms with E-state index in [1.807, 2.05) is 6.92 Å². The summed E-state index contributed by atoms with van der Waals surface area (Å²) >= 11 is 0. The maximum Gasteiger partial charge on any atom is 0.0993 e. The minimum absolute atomic E-state index is 0. The lowest BCUT2D eigenvalue weighted by molar-refractivity contribution is -0.00435. The molecule has 6 heteroatoms. The molecule has 0 spiro atoms. The van der Waals surface area contributed by atoms with Crippen molar-refractivity contribution in [2.24, 2.45) is 0 Å². The van der Waals surface area contributed by atoms with E-state index in [0.717, 1.165) is 12.8 Å². The van der Waals surface area contributed by atoms with Gasteiger partial charge in [0.2, 0.25) is 0 Å². The van der Waals surface area contributed by atoms with Crippen LogP contribution in [0.1, 0.15) is 26.2 Å². The van der Waals surface area contributed by atoms with Crippen LogP contribution in [0.5, 0.6) is 0 Å². The van der Waals surface area contributed by atoms with Gasteiger partial charge in [-0.3, -0.25) is 0 Å². The van der Waals surface area contributed by atoms with E-state index in [-0.39, 0.29) is 19.0 Å². The number of halogens is 1. The van der Waals surface area contributed by atoms with Gasteiger partial charge in [0.15, 0.2) is 0 Å². The van der Waals surface area contributed by atoms with Crippen LogP contribution in [0.15, 0.2) is 0 Å². The SMILES string of the molecule is CCCC[C@H](O)[C@H]1N[C@H](CO)[C@@H](O)[C@@H]1O.Cl. The Hall–Kier alpha value is 0.0900. The Bertz CT molecular complexity index is 196. The first-order valence-corrected chi connectivity index (χ1v) is 5.53. The van der Waals surface area contributed by atoms with Gasteiger partial charge >= 0.3 is 0 Å². The van der Waals surface area contributed by atoms with Crippen molar-refractivity contribution in [3.05, 3.63) is 0 Å². The fraction of sp³-hybridized carbons (Fsp3) is 1.00. The highest BCUT2D eigenvalue weighted by molar-refractivity contribution is 5.85. The van der Waals surface area contributed by atoms with Crippen LogP contribution in [0.25, 0.3) is 0 Å². The molecule has 1 aliphatic rings. The second kappa shape index (κ2) is 7.42. The Labute approximate surface area is 102 Å². The van der Waals surface area contributed by atoms with Gasteiger partial charge in [0.25, 0.3) is 0 Å². The van der Waals surface area contributed by atoms with E-state index in [1.54, 1.807) is 0 Å². The predicted molar refractivity (Wildman–Crippen MR) is 62.6 cm³/mol. The third kappa shape index (κ3) is 3.55. The number of hydrogen-bond donors (Lipinski definition) is 5. The molecule has 0 aliphatic carbocycles. The molecule has 1 aliphatic heterocycles. The smallest absolute Gasteiger partial charge is 0.0993 e. The van der Waals surface area contributed by atoms with Gasteiger partial charge in [-0.2, -0.15) is 0 Å². The van der Waals surface area contributed by atoms with Crippen molar-refractivity contribution in [2.75, 3.05) is 6.61 Å². The molecule has 1 heterocycles. The largest absolute Gasteiger partial charge is 0.395 e. The van der Waals surface area contributed by atoms with E-state index in [2.05, 4.69) is 5.32 Å². The first-order valence-electron chi connectivity index (χ1n) is 5.53. The normalized spacial score (nSPS) is 35.8. The summed E-state index contributed by atoms with van der Waals surface area (Å²) in [5, 5.41) is 40.7. The van der Waals surface area contributed by atoms with Crippen molar-refractivity contribution in [3.8, 4) is 0 Å². The highest BCUT2D eigenvalue weighted by atomic mass is 35.5. The molecule has 1 rings (SSSR count). The van der Waals surface area contributed by atoms with Crippen molar-refractivity contribution in [2.45, 2.75) is 56.6 Å². The number of nitrogens with one attached hydrogen (secondary N) is 1. The van der Waals surface area contributed by atoms with Crippen molar-refractivity contribution in [3.63, 3.8) is 0 Å². The molecule has 0 bridgehead atoms. The lowest BCUT2D eigenvalue weighted by atomic mass is 10.00. The van der Waals surface area contributed by atoms with Gasteiger partial charge in [-0.1, -0.05) is 19.8 Å². The van der Waals surface area contributed by atoms with Gasteiger partial charge in [0.05, 0.1) is 37.0 Å². The molecule has 5 N–H and O–H groups in total. The molecule has 1 fully saturated rings. The van der Waals surface area contributed by atoms with Crippen LogP contribution in [0, 0.1) is 0 Å². The minimum Gasteiger partial charge on any atom is -0.395 e. The number of rotatable bonds is 5. The molecule has 5 atom stereocenters. The Balaban J connectivity index is 0.00000225. The average Bonchev–Trinajstić information content (AvgIpc) is 2.52. The van der Waals surface area contributed by atoms with E-state index < -0.39 is 30.4 Å². The van der Waals surface area contributed by atoms with Crippen LogP contribution >= 0.6 is 12.4 Å². The van der Waals surface area contributed by atoms with Crippen molar-refractivity contribution in [1.82, 2.24) is 5.32 Å². The first-order chi connectivity index (χ1) is 7.11. The van der Waals surface area contributed by atoms with Gasteiger partial charge in [-0.05, 0) is 6.42 Å². The molecule has 0 radical (unpaired) electrons. The van der Waals surface area contributed by atoms with Crippen LogP contribution in [-0.2, 0) is 0 Å². The number of aliphatic hydroxyl groups excluding tert-OH is 4. The van der Waals surface area contributed by atoms with Gasteiger partial charge in [-0.15, -0.1) is 12.4 Å². The van der Waals surface area contributed by atoms with E-state index >= 15 is 0 Å². The standard InChI is InChI=1S/C10H21NO4.ClH/c1-2-3-4-7(13)8-10(15)9(14)6(5-12)11-8;/h6-15H,2-5H2,1H3;1H/t6-,7+,8-,9-,10-;/m1./s1. The molecule has 0 amide bonds. The van der Waals surface area contributed by atoms with E-state index in [9.17, 15) is 15.3 Å². The molecule has 0 aromatic heterocycles. The predicted octanol–water partition coefficient (Wildman–Crippen LogP) is -0.986. The Morgan fingerprint density at radius 3 is 2.31 bits per heavy atom. The number of aliphatic hydroxyl groups is 4. The second-order valence-electron chi connectivity index (χ2n) is 4.17. The van der Waals surface area contributed by atoms with Gasteiger partial charge in [0, 0.05) is 0 Å². The summed E-state index contributed by atoms with van der Waals surface area (Å²) in [5.74, 6) is 0. The molecular weight excluding hydrogens is 234 g/mol. The average molecular weight is 256 g/mol. The zero-order valence-corrected chi connectivity index (χ0v) is 10.2. The summed E-state index contributed by atoms with van der Waals surface area (Å²) in [6, 6.07) is -1.08. The van der Waals surface area contributed by atoms with Crippen LogP contribution in [0.3, 0.4) is 0 Å². The molecule has 0 unspecified atom stereocenters. The third-order valence-electron chi connectivity index (χ3n) is 3.00. The second-order valence-corrected chi connectivity index (χ2v) is 4.17. The number of hydrogen-bond acceptors (Lipinski definition) is 5. The zero-order chi connectivity index (χ0) is 11.4. The quantitative estimate of drug-likeness (QED) is 0.435. The fourth-order valence-electron chi connectivity index (χ4n) is 1.99. The van der Waals surface area contributed by atoms with E-state index in [4.69, 9.17) is 5.11 Å². The van der Waals surface area contributed by atoms with Crippen LogP contribution in [-0.4, -0.2) is 57.4 Å². The van der Waals surface area contributed by atoms with Crippen molar-refractivity contribution < 1.29 is 20.4 Å². The van der Waals surface area contributed by atoms with Crippen LogP contribution < -0.4 is 5.32 Å². The summed E-state index contributed by atoms with van der Waals surface area (Å²) in [5.41, 5.74) is 0. The molecule has 98 valence electrons. The van der Waals surface area contributed by atoms with Crippen LogP contribution in [0.2, 0.25) is 0 Å². The number of unbranched alkanes of at least 4 members (excludes halogenated alkanes) is 1. The monoisotopic (exact) mass is 255 g/mol. The Morgan fingerprint density at radius 2 is 1.88 bits per heavy atom. The van der Waals surface area contributed by atoms with Crippen LogP contribution in [0.4, 0.5) is 0 Å². The maximum atomic E-state index is 9.77. The van der Waals surface area contributed by atoms with Gasteiger partial charge < -0.3 is 25.7 Å². The van der Waals surface area contributed by atoms with Crippen molar-refractivity contribution in [1.29, 1.82) is 0 Å². The highest BCUT2D eigenvalue weighted by Crippen LogP contribution is 2.19. The maximum absolute atomic E-state index is 9.77. The van der Waals surface area contributed by atoms with E-state index in [1.165, 1.54) is 0 Å². The molecule has 0 aromatic carbocycles. The Kier molecular flexibility index (Phi) is 7.46. The summed E-state index contributed by atoms with van der Waals surface area (Å²) in [7, 11) is 0. The Morgan fingerprint density at radius 1 is 1.25 bits per heavy atom. The molecule has 0 saturated carbocycles. The first kappa shape index (κ1) is 16.1. The molecule has 5 nitrogen and oxygen atoms in total. The topological polar surface area (TPSA) is 93.0 Å². The molecule has 0 aromatic rings. The summed E-state index contributed by atoms with van der Waals surface area (Å²) in [4.78, 5) is 0. The zero-order valence-electron chi connectivity index (χ0n) is 9.41. The van der Waals surface area contributed by atoms with Crippen molar-refractivity contribution >= 4 is 12.4 Å². The molecular formula is C10H22ClNO4. The highest BCUT2D eigenvalue weighted by Gasteiger charge is 2.43. The van der Waals surface area contributed by atoms with Gasteiger partial charge in [-0.25, -0.2) is 0 Å². The summed E-state index contributed by atoms with van der Waals surface area (Å²) < 4.78 is 0. The summed E-state index contributed by atoms with van der Waals surface area (Å²) in [6.07, 6.45) is -0.232. The lowest BCUT2D eigenvalue weighted by Gasteiger charge is -2.21. The molecule has 16 heavy (non-hydrogen) atoms. The minimum atomic E-state index is -1.01. The van der Waals surface area contributed by atoms with E-state index in [0.29, 0.717) is 6.42 Å². The third-order valence-corrected chi connectivity index (χ3v) is 3.00.